The number of pyridine rings is 1. The lowest BCUT2D eigenvalue weighted by Crippen LogP contribution is -2.26. The summed E-state index contributed by atoms with van der Waals surface area (Å²) in [4.78, 5) is 17.4. The Morgan fingerprint density at radius 2 is 1.97 bits per heavy atom. The summed E-state index contributed by atoms with van der Waals surface area (Å²) < 4.78 is 0. The SMILES string of the molecule is CC(C)c1cc2c(NCc3ccccc3)c(C(=O)NC3CC3)cnc2cc1CO. The zero-order valence-corrected chi connectivity index (χ0v) is 16.9. The first kappa shape index (κ1) is 19.4. The molecule has 1 amide bonds. The van der Waals surface area contributed by atoms with Crippen molar-refractivity contribution in [1.82, 2.24) is 10.3 Å². The molecule has 0 radical (unpaired) electrons. The quantitative estimate of drug-likeness (QED) is 0.561. The van der Waals surface area contributed by atoms with Gasteiger partial charge in [-0.1, -0.05) is 44.2 Å². The van der Waals surface area contributed by atoms with Crippen molar-refractivity contribution >= 4 is 22.5 Å². The van der Waals surface area contributed by atoms with E-state index in [0.29, 0.717) is 12.1 Å². The van der Waals surface area contributed by atoms with E-state index in [0.717, 1.165) is 46.1 Å². The number of aromatic nitrogens is 1. The van der Waals surface area contributed by atoms with Crippen molar-refractivity contribution in [2.24, 2.45) is 0 Å². The molecule has 0 unspecified atom stereocenters. The van der Waals surface area contributed by atoms with E-state index in [9.17, 15) is 9.90 Å². The van der Waals surface area contributed by atoms with Crippen LogP contribution in [0.2, 0.25) is 0 Å². The number of fused-ring (bicyclic) bond motifs is 1. The summed E-state index contributed by atoms with van der Waals surface area (Å²) in [5.74, 6) is 0.169. The van der Waals surface area contributed by atoms with Crippen LogP contribution in [0.15, 0.2) is 48.7 Å². The minimum absolute atomic E-state index is 0.0260. The molecule has 1 saturated carbocycles. The van der Waals surface area contributed by atoms with Gasteiger partial charge in [0.05, 0.1) is 23.4 Å². The zero-order chi connectivity index (χ0) is 20.4. The van der Waals surface area contributed by atoms with Crippen molar-refractivity contribution in [2.75, 3.05) is 5.32 Å². The molecule has 0 saturated heterocycles. The van der Waals surface area contributed by atoms with Crippen molar-refractivity contribution in [3.63, 3.8) is 0 Å². The lowest BCUT2D eigenvalue weighted by atomic mass is 9.94. The van der Waals surface area contributed by atoms with E-state index < -0.39 is 0 Å². The van der Waals surface area contributed by atoms with Gasteiger partial charge in [-0.15, -0.1) is 0 Å². The maximum Gasteiger partial charge on any atom is 0.255 e. The number of nitrogens with zero attached hydrogens (tertiary/aromatic N) is 1. The van der Waals surface area contributed by atoms with Crippen LogP contribution in [-0.4, -0.2) is 22.0 Å². The van der Waals surface area contributed by atoms with Gasteiger partial charge in [0.25, 0.3) is 5.91 Å². The highest BCUT2D eigenvalue weighted by atomic mass is 16.3. The van der Waals surface area contributed by atoms with Crippen LogP contribution in [0.4, 0.5) is 5.69 Å². The largest absolute Gasteiger partial charge is 0.392 e. The van der Waals surface area contributed by atoms with Crippen molar-refractivity contribution in [3.8, 4) is 0 Å². The second-order valence-electron chi connectivity index (χ2n) is 8.01. The molecule has 5 nitrogen and oxygen atoms in total. The number of carbonyl (C=O) groups is 1. The molecule has 3 aromatic rings. The van der Waals surface area contributed by atoms with Gasteiger partial charge in [-0.25, -0.2) is 0 Å². The predicted octanol–water partition coefficient (Wildman–Crippen LogP) is 4.35. The third kappa shape index (κ3) is 4.25. The van der Waals surface area contributed by atoms with Crippen LogP contribution in [0.3, 0.4) is 0 Å². The summed E-state index contributed by atoms with van der Waals surface area (Å²) in [6.45, 7) is 4.80. The third-order valence-corrected chi connectivity index (χ3v) is 5.39. The number of aliphatic hydroxyl groups excluding tert-OH is 1. The molecule has 4 rings (SSSR count). The van der Waals surface area contributed by atoms with Crippen LogP contribution < -0.4 is 10.6 Å². The average Bonchev–Trinajstić information content (AvgIpc) is 3.55. The van der Waals surface area contributed by atoms with E-state index in [1.807, 2.05) is 24.3 Å². The van der Waals surface area contributed by atoms with E-state index in [1.165, 1.54) is 0 Å². The van der Waals surface area contributed by atoms with Gasteiger partial charge in [-0.2, -0.15) is 0 Å². The van der Waals surface area contributed by atoms with Crippen LogP contribution in [0.5, 0.6) is 0 Å². The molecule has 5 heteroatoms. The maximum absolute atomic E-state index is 12.9. The summed E-state index contributed by atoms with van der Waals surface area (Å²) in [6, 6.07) is 14.4. The number of anilines is 1. The molecule has 150 valence electrons. The predicted molar refractivity (Wildman–Crippen MR) is 116 cm³/mol. The van der Waals surface area contributed by atoms with E-state index in [-0.39, 0.29) is 24.5 Å². The van der Waals surface area contributed by atoms with Gasteiger partial charge in [0.1, 0.15) is 0 Å². The second-order valence-corrected chi connectivity index (χ2v) is 8.01. The fourth-order valence-corrected chi connectivity index (χ4v) is 3.61. The van der Waals surface area contributed by atoms with Crippen molar-refractivity contribution in [2.45, 2.75) is 51.8 Å². The Kier molecular flexibility index (Phi) is 5.49. The summed E-state index contributed by atoms with van der Waals surface area (Å²) >= 11 is 0. The van der Waals surface area contributed by atoms with E-state index >= 15 is 0 Å². The highest BCUT2D eigenvalue weighted by molar-refractivity contribution is 6.07. The summed E-state index contributed by atoms with van der Waals surface area (Å²) in [6.07, 6.45) is 3.72. The molecule has 3 N–H and O–H groups in total. The van der Waals surface area contributed by atoms with Gasteiger partial charge < -0.3 is 15.7 Å². The number of nitrogens with one attached hydrogen (secondary N) is 2. The van der Waals surface area contributed by atoms with Gasteiger partial charge in [-0.3, -0.25) is 9.78 Å². The molecule has 1 aliphatic rings. The molecule has 2 aromatic carbocycles. The smallest absolute Gasteiger partial charge is 0.255 e. The van der Waals surface area contributed by atoms with Crippen molar-refractivity contribution in [3.05, 3.63) is 70.9 Å². The second kappa shape index (κ2) is 8.21. The summed E-state index contributed by atoms with van der Waals surface area (Å²) in [5, 5.41) is 17.3. The van der Waals surface area contributed by atoms with Crippen LogP contribution >= 0.6 is 0 Å². The fourth-order valence-electron chi connectivity index (χ4n) is 3.61. The molecule has 1 fully saturated rings. The number of aliphatic hydroxyl groups is 1. The number of hydrogen-bond donors (Lipinski definition) is 3. The van der Waals surface area contributed by atoms with E-state index in [1.54, 1.807) is 6.20 Å². The molecule has 1 aliphatic carbocycles. The Balaban J connectivity index is 1.80. The van der Waals surface area contributed by atoms with Gasteiger partial charge in [-0.05, 0) is 47.6 Å². The first-order valence-electron chi connectivity index (χ1n) is 10.2. The number of rotatable bonds is 7. The van der Waals surface area contributed by atoms with E-state index in [2.05, 4.69) is 47.7 Å². The highest BCUT2D eigenvalue weighted by Crippen LogP contribution is 2.32. The Morgan fingerprint density at radius 1 is 1.21 bits per heavy atom. The first-order valence-corrected chi connectivity index (χ1v) is 10.2. The normalized spacial score (nSPS) is 13.7. The van der Waals surface area contributed by atoms with Crippen LogP contribution in [-0.2, 0) is 13.2 Å². The third-order valence-electron chi connectivity index (χ3n) is 5.39. The zero-order valence-electron chi connectivity index (χ0n) is 16.9. The van der Waals surface area contributed by atoms with Crippen LogP contribution in [0.25, 0.3) is 10.9 Å². The van der Waals surface area contributed by atoms with Crippen LogP contribution in [0, 0.1) is 0 Å². The highest BCUT2D eigenvalue weighted by Gasteiger charge is 2.26. The van der Waals surface area contributed by atoms with E-state index in [4.69, 9.17) is 0 Å². The topological polar surface area (TPSA) is 74.2 Å². The number of carbonyl (C=O) groups excluding carboxylic acids is 1. The minimum atomic E-state index is -0.0882. The maximum atomic E-state index is 12.9. The first-order chi connectivity index (χ1) is 14.1. The molecule has 0 atom stereocenters. The lowest BCUT2D eigenvalue weighted by Gasteiger charge is -2.18. The molecule has 0 aliphatic heterocycles. The molecule has 1 aromatic heterocycles. The Bertz CT molecular complexity index is 1030. The Labute approximate surface area is 171 Å². The van der Waals surface area contributed by atoms with Gasteiger partial charge in [0, 0.05) is 24.2 Å². The number of amides is 1. The molecule has 0 spiro atoms. The van der Waals surface area contributed by atoms with Crippen LogP contribution in [0.1, 0.15) is 59.7 Å². The number of hydrogen-bond acceptors (Lipinski definition) is 4. The average molecular weight is 389 g/mol. The summed E-state index contributed by atoms with van der Waals surface area (Å²) in [5.41, 5.74) is 5.22. The van der Waals surface area contributed by atoms with Gasteiger partial charge >= 0.3 is 0 Å². The Morgan fingerprint density at radius 3 is 2.62 bits per heavy atom. The monoisotopic (exact) mass is 389 g/mol. The number of benzene rings is 2. The molecular formula is C24H27N3O2. The minimum Gasteiger partial charge on any atom is -0.392 e. The van der Waals surface area contributed by atoms with Gasteiger partial charge in [0.2, 0.25) is 0 Å². The molecular weight excluding hydrogens is 362 g/mol. The van der Waals surface area contributed by atoms with Gasteiger partial charge in [0.15, 0.2) is 0 Å². The molecule has 0 bridgehead atoms. The van der Waals surface area contributed by atoms with Crippen molar-refractivity contribution in [1.29, 1.82) is 0 Å². The molecule has 29 heavy (non-hydrogen) atoms. The Hall–Kier alpha value is -2.92. The lowest BCUT2D eigenvalue weighted by molar-refractivity contribution is 0.0951. The van der Waals surface area contributed by atoms with Crippen molar-refractivity contribution < 1.29 is 9.90 Å². The molecule has 1 heterocycles. The fraction of sp³-hybridized carbons (Fsp3) is 0.333. The summed E-state index contributed by atoms with van der Waals surface area (Å²) in [7, 11) is 0. The standard InChI is InChI=1S/C24H27N3O2/c1-15(2)19-11-20-22(10-17(19)14-28)25-13-21(24(29)27-18-8-9-18)23(20)26-12-16-6-4-3-5-7-16/h3-7,10-11,13,15,18,28H,8-9,12,14H2,1-2H3,(H,25,26)(H,27,29).